The third kappa shape index (κ3) is 7.96. The Bertz CT molecular complexity index is 2190. The molecule has 13 nitrogen and oxygen atoms in total. The van der Waals surface area contributed by atoms with Crippen LogP contribution in [0.15, 0.2) is 30.4 Å². The maximum absolute atomic E-state index is 15.0. The number of fused-ring (bicyclic) bond motifs is 5. The third-order valence-corrected chi connectivity index (χ3v) is 14.7. The zero-order valence-electron chi connectivity index (χ0n) is 32.9. The molecule has 2 saturated carbocycles. The number of pyridine rings is 1. The molecule has 0 bridgehead atoms. The lowest BCUT2D eigenvalue weighted by Crippen LogP contribution is -2.59. The van der Waals surface area contributed by atoms with Crippen molar-refractivity contribution in [2.75, 3.05) is 13.1 Å². The quantitative estimate of drug-likeness (QED) is 0.289. The van der Waals surface area contributed by atoms with E-state index in [1.165, 1.54) is 30.0 Å². The Kier molecular flexibility index (Phi) is 10.5. The fourth-order valence-electron chi connectivity index (χ4n) is 8.65. The molecule has 316 valence electrons. The van der Waals surface area contributed by atoms with E-state index < -0.39 is 90.8 Å². The summed E-state index contributed by atoms with van der Waals surface area (Å²) in [5.74, 6) is -3.61. The van der Waals surface area contributed by atoms with Gasteiger partial charge in [-0.25, -0.2) is 18.2 Å². The summed E-state index contributed by atoms with van der Waals surface area (Å²) in [6.45, 7) is 6.59. The second-order valence-electron chi connectivity index (χ2n) is 18.1. The van der Waals surface area contributed by atoms with Gasteiger partial charge < -0.3 is 20.1 Å². The highest BCUT2D eigenvalue weighted by Crippen LogP contribution is 2.50. The number of aromatic nitrogens is 1. The lowest BCUT2D eigenvalue weighted by molar-refractivity contribution is -0.145. The number of alkyl halides is 3. The van der Waals surface area contributed by atoms with Crippen LogP contribution in [0.5, 0.6) is 5.75 Å². The molecular formula is C40H49ClF3N5O8S. The summed E-state index contributed by atoms with van der Waals surface area (Å²) in [4.78, 5) is 62.7. The van der Waals surface area contributed by atoms with Crippen molar-refractivity contribution in [3.05, 3.63) is 46.6 Å². The molecule has 1 spiro atoms. The normalized spacial score (nSPS) is 29.2. The molecule has 0 radical (unpaired) electrons. The fourth-order valence-corrected chi connectivity index (χ4v) is 10.1. The number of nitrogens with one attached hydrogen (secondary N) is 2. The smallest absolute Gasteiger partial charge is 0.437 e. The number of hydrogen-bond acceptors (Lipinski definition) is 8. The number of rotatable bonds is 5. The maximum Gasteiger partial charge on any atom is 0.437 e. The number of aryl methyl sites for hydroxylation is 1. The first-order chi connectivity index (χ1) is 27.0. The van der Waals surface area contributed by atoms with E-state index in [1.54, 1.807) is 6.08 Å². The first kappa shape index (κ1) is 42.0. The van der Waals surface area contributed by atoms with E-state index in [9.17, 15) is 45.9 Å². The predicted molar refractivity (Wildman–Crippen MR) is 207 cm³/mol. The summed E-state index contributed by atoms with van der Waals surface area (Å²) < 4.78 is 78.0. The summed E-state index contributed by atoms with van der Waals surface area (Å²) in [7, 11) is -4.11. The van der Waals surface area contributed by atoms with Crippen molar-refractivity contribution in [3.8, 4) is 5.75 Å². The summed E-state index contributed by atoms with van der Waals surface area (Å²) in [5.41, 5.74) is -4.82. The minimum absolute atomic E-state index is 0.0319. The molecule has 1 saturated heterocycles. The van der Waals surface area contributed by atoms with Gasteiger partial charge in [0.25, 0.3) is 5.91 Å². The van der Waals surface area contributed by atoms with Crippen LogP contribution in [0.2, 0.25) is 5.02 Å². The van der Waals surface area contributed by atoms with Gasteiger partial charge in [-0.1, -0.05) is 57.4 Å². The van der Waals surface area contributed by atoms with Crippen LogP contribution in [0, 0.1) is 11.3 Å². The van der Waals surface area contributed by atoms with Crippen molar-refractivity contribution in [3.63, 3.8) is 0 Å². The average Bonchev–Trinajstić information content (AvgIpc) is 4.01. The van der Waals surface area contributed by atoms with Crippen molar-refractivity contribution < 1.29 is 50.6 Å². The second kappa shape index (κ2) is 14.6. The molecule has 5 aliphatic rings. The summed E-state index contributed by atoms with van der Waals surface area (Å²) in [6, 6.07) is 1.65. The Morgan fingerprint density at radius 3 is 2.50 bits per heavy atom. The Morgan fingerprint density at radius 1 is 1.12 bits per heavy atom. The molecule has 3 N–H and O–H groups in total. The number of ether oxygens (including phenoxy) is 1. The Morgan fingerprint density at radius 2 is 1.84 bits per heavy atom. The number of sulfonamides is 1. The molecule has 1 aromatic heterocycles. The van der Waals surface area contributed by atoms with Crippen LogP contribution in [0.1, 0.15) is 103 Å². The molecule has 2 aliphatic carbocycles. The van der Waals surface area contributed by atoms with E-state index in [0.29, 0.717) is 43.9 Å². The van der Waals surface area contributed by atoms with Gasteiger partial charge in [-0.05, 0) is 81.9 Å². The molecule has 4 amide bonds. The number of allylic oxidation sites excluding steroid dienone is 1. The van der Waals surface area contributed by atoms with Gasteiger partial charge >= 0.3 is 12.3 Å². The first-order valence-electron chi connectivity index (χ1n) is 19.7. The Labute approximate surface area is 340 Å². The van der Waals surface area contributed by atoms with Crippen LogP contribution in [0.4, 0.5) is 18.0 Å². The van der Waals surface area contributed by atoms with Crippen molar-refractivity contribution in [2.24, 2.45) is 11.3 Å². The second-order valence-corrected chi connectivity index (χ2v) is 20.7. The topological polar surface area (TPSA) is 175 Å². The minimum atomic E-state index is -4.95. The molecule has 7 rings (SSSR count). The first-order valence-corrected chi connectivity index (χ1v) is 21.6. The highest BCUT2D eigenvalue weighted by molar-refractivity contribution is 7.91. The zero-order valence-corrected chi connectivity index (χ0v) is 34.5. The van der Waals surface area contributed by atoms with Crippen molar-refractivity contribution in [2.45, 2.75) is 132 Å². The number of amides is 4. The lowest BCUT2D eigenvalue weighted by Gasteiger charge is -2.38. The largest absolute Gasteiger partial charge is 0.483 e. The average molecular weight is 852 g/mol. The molecule has 58 heavy (non-hydrogen) atoms. The van der Waals surface area contributed by atoms with E-state index in [1.807, 2.05) is 26.8 Å². The Hall–Kier alpha value is -4.12. The number of hydrogen-bond donors (Lipinski definition) is 3. The molecule has 3 aliphatic heterocycles. The number of carboxylic acid groups (broad SMARTS) is 1. The van der Waals surface area contributed by atoms with Gasteiger partial charge in [-0.15, -0.1) is 0 Å². The van der Waals surface area contributed by atoms with Gasteiger partial charge in [0.15, 0.2) is 11.4 Å². The number of carbonyl (C=O) groups is 4. The van der Waals surface area contributed by atoms with Gasteiger partial charge in [0.05, 0.1) is 16.8 Å². The summed E-state index contributed by atoms with van der Waals surface area (Å²) >= 11 is 6.26. The minimum Gasteiger partial charge on any atom is -0.483 e. The molecule has 2 aromatic rings. The molecule has 1 aromatic carbocycles. The Balaban J connectivity index is 1.30. The van der Waals surface area contributed by atoms with E-state index in [4.69, 9.17) is 16.3 Å². The summed E-state index contributed by atoms with van der Waals surface area (Å²) in [5, 5.41) is 13.9. The lowest BCUT2D eigenvalue weighted by atomic mass is 9.87. The van der Waals surface area contributed by atoms with Crippen molar-refractivity contribution in [1.29, 1.82) is 0 Å². The van der Waals surface area contributed by atoms with E-state index in [2.05, 4.69) is 15.0 Å². The molecule has 0 unspecified atom stereocenters. The van der Waals surface area contributed by atoms with Gasteiger partial charge in [0.1, 0.15) is 23.2 Å². The molecule has 18 heteroatoms. The number of carbonyl (C=O) groups excluding carboxylic acids is 3. The van der Waals surface area contributed by atoms with Gasteiger partial charge in [0.2, 0.25) is 21.8 Å². The maximum atomic E-state index is 15.0. The van der Waals surface area contributed by atoms with Crippen molar-refractivity contribution in [1.82, 2.24) is 24.8 Å². The molecular weight excluding hydrogens is 803 g/mol. The highest BCUT2D eigenvalue weighted by atomic mass is 35.5. The van der Waals surface area contributed by atoms with Crippen LogP contribution in [0.25, 0.3) is 10.9 Å². The molecule has 4 heterocycles. The van der Waals surface area contributed by atoms with Crippen LogP contribution in [-0.2, 0) is 37.0 Å². The van der Waals surface area contributed by atoms with E-state index in [-0.39, 0.29) is 61.3 Å². The monoisotopic (exact) mass is 851 g/mol. The van der Waals surface area contributed by atoms with Crippen LogP contribution in [0.3, 0.4) is 0 Å². The standard InChI is InChI=1S/C40H49ClF3N5O8S/c1-36(2,3)21-49(35(53)54)28-11-9-7-5-6-8-10-23-19-39(23,34(52)47-58(55,56)37(4)16-17-37)46-32(50)29-20-38(22-48(29)33(28)51)15-14-25-26-18-24(41)12-13-27(26)45-31(30(25)57-38)40(42,43)44/h8,10,12-13,18,23,28-29H,5-7,9,11,14-17,19-22H2,1-4H3,(H,46,50)(H,47,52)(H,53,54)/b10-8-/t23-,28+,29+,38-,39-/m1/s1. The fraction of sp³-hybridized carbons (Fsp3) is 0.625. The van der Waals surface area contributed by atoms with Gasteiger partial charge in [0, 0.05) is 34.9 Å². The SMILES string of the molecule is CC(C)(C)CN(C(=O)O)[C@H]1CCCCC/C=C\[C@@H]2C[C@@]2(C(=O)NS(=O)(=O)C2(C)CC2)NC(=O)[C@@H]2C[C@]3(CCc4c(c(C(F)(F)F)nc5ccc(Cl)cc45)O3)CN2C1=O. The highest BCUT2D eigenvalue weighted by Gasteiger charge is 2.64. The van der Waals surface area contributed by atoms with Gasteiger partial charge in [-0.3, -0.25) is 24.0 Å². The molecule has 5 atom stereocenters. The molecule has 3 fully saturated rings. The van der Waals surface area contributed by atoms with Crippen LogP contribution in [-0.4, -0.2) is 93.2 Å². The predicted octanol–water partition coefficient (Wildman–Crippen LogP) is 6.36. The van der Waals surface area contributed by atoms with Crippen molar-refractivity contribution >= 4 is 56.3 Å². The number of nitrogens with zero attached hydrogens (tertiary/aromatic N) is 3. The third-order valence-electron chi connectivity index (χ3n) is 12.3. The zero-order chi connectivity index (χ0) is 42.2. The van der Waals surface area contributed by atoms with Crippen LogP contribution >= 0.6 is 11.6 Å². The number of benzene rings is 1. The van der Waals surface area contributed by atoms with Gasteiger partial charge in [-0.2, -0.15) is 13.2 Å². The van der Waals surface area contributed by atoms with Crippen LogP contribution < -0.4 is 14.8 Å². The van der Waals surface area contributed by atoms with E-state index >= 15 is 0 Å². The number of halogens is 4. The summed E-state index contributed by atoms with van der Waals surface area (Å²) in [6.07, 6.45) is 0.406. The van der Waals surface area contributed by atoms with E-state index in [0.717, 1.165) is 4.90 Å².